The van der Waals surface area contributed by atoms with E-state index < -0.39 is 5.82 Å². The van der Waals surface area contributed by atoms with Gasteiger partial charge in [0, 0.05) is 28.9 Å². The van der Waals surface area contributed by atoms with E-state index in [-0.39, 0.29) is 17.3 Å². The zero-order valence-corrected chi connectivity index (χ0v) is 15.4. The maximum Gasteiger partial charge on any atom is 0.250 e. The SMILES string of the molecule is CC(COc1ncc(-c2ccnc3ccccc23)cc1F)CC(C)(C)N. The molecule has 26 heavy (non-hydrogen) atoms. The number of nitrogens with two attached hydrogens (primary N) is 1. The van der Waals surface area contributed by atoms with E-state index in [0.717, 1.165) is 22.9 Å². The number of aromatic nitrogens is 2. The van der Waals surface area contributed by atoms with Gasteiger partial charge in [0.15, 0.2) is 5.82 Å². The molecule has 2 heterocycles. The molecule has 3 rings (SSSR count). The number of fused-ring (bicyclic) bond motifs is 1. The lowest BCUT2D eigenvalue weighted by Crippen LogP contribution is -2.35. The molecule has 5 heteroatoms. The van der Waals surface area contributed by atoms with Crippen LogP contribution in [0.4, 0.5) is 4.39 Å². The lowest BCUT2D eigenvalue weighted by Gasteiger charge is -2.23. The van der Waals surface area contributed by atoms with Crippen LogP contribution in [-0.4, -0.2) is 22.1 Å². The van der Waals surface area contributed by atoms with Crippen molar-refractivity contribution in [3.8, 4) is 17.0 Å². The first-order valence-electron chi connectivity index (χ1n) is 8.75. The van der Waals surface area contributed by atoms with Crippen molar-refractivity contribution in [3.05, 3.63) is 54.6 Å². The summed E-state index contributed by atoms with van der Waals surface area (Å²) in [7, 11) is 0. The van der Waals surface area contributed by atoms with Crippen LogP contribution >= 0.6 is 0 Å². The molecule has 0 amide bonds. The van der Waals surface area contributed by atoms with Gasteiger partial charge in [0.2, 0.25) is 5.88 Å². The van der Waals surface area contributed by atoms with E-state index in [2.05, 4.69) is 9.97 Å². The summed E-state index contributed by atoms with van der Waals surface area (Å²) in [6.07, 6.45) is 4.14. The fourth-order valence-electron chi connectivity index (χ4n) is 3.20. The Labute approximate surface area is 153 Å². The number of para-hydroxylation sites is 1. The van der Waals surface area contributed by atoms with Gasteiger partial charge in [0.1, 0.15) is 0 Å². The predicted molar refractivity (Wildman–Crippen MR) is 102 cm³/mol. The van der Waals surface area contributed by atoms with Crippen LogP contribution in [0.3, 0.4) is 0 Å². The van der Waals surface area contributed by atoms with Crippen molar-refractivity contribution in [2.24, 2.45) is 11.7 Å². The Bertz CT molecular complexity index is 900. The molecular weight excluding hydrogens is 329 g/mol. The number of hydrogen-bond donors (Lipinski definition) is 1. The first-order valence-corrected chi connectivity index (χ1v) is 8.75. The van der Waals surface area contributed by atoms with Crippen molar-refractivity contribution in [3.63, 3.8) is 0 Å². The normalized spacial score (nSPS) is 13.0. The maximum absolute atomic E-state index is 14.5. The average Bonchev–Trinajstić information content (AvgIpc) is 2.58. The zero-order chi connectivity index (χ0) is 18.7. The fourth-order valence-corrected chi connectivity index (χ4v) is 3.20. The van der Waals surface area contributed by atoms with Gasteiger partial charge in [-0.05, 0) is 49.9 Å². The summed E-state index contributed by atoms with van der Waals surface area (Å²) in [5, 5.41) is 0.962. The second-order valence-electron chi connectivity index (χ2n) is 7.50. The first-order chi connectivity index (χ1) is 12.3. The van der Waals surface area contributed by atoms with E-state index in [1.807, 2.05) is 51.1 Å². The highest BCUT2D eigenvalue weighted by molar-refractivity contribution is 5.94. The summed E-state index contributed by atoms with van der Waals surface area (Å²) in [6, 6.07) is 11.1. The molecule has 0 spiro atoms. The van der Waals surface area contributed by atoms with Gasteiger partial charge in [0.05, 0.1) is 12.1 Å². The van der Waals surface area contributed by atoms with Gasteiger partial charge in [0.25, 0.3) is 0 Å². The van der Waals surface area contributed by atoms with Gasteiger partial charge in [-0.2, -0.15) is 0 Å². The van der Waals surface area contributed by atoms with Gasteiger partial charge < -0.3 is 10.5 Å². The highest BCUT2D eigenvalue weighted by atomic mass is 19.1. The summed E-state index contributed by atoms with van der Waals surface area (Å²) in [4.78, 5) is 8.52. The van der Waals surface area contributed by atoms with Crippen LogP contribution in [0.15, 0.2) is 48.8 Å². The summed E-state index contributed by atoms with van der Waals surface area (Å²) < 4.78 is 20.1. The second-order valence-corrected chi connectivity index (χ2v) is 7.50. The third-order valence-corrected chi connectivity index (χ3v) is 4.15. The lowest BCUT2D eigenvalue weighted by atomic mass is 9.93. The van der Waals surface area contributed by atoms with Gasteiger partial charge in [-0.1, -0.05) is 25.1 Å². The second kappa shape index (κ2) is 7.38. The number of ether oxygens (including phenoxy) is 1. The number of pyridine rings is 2. The number of hydrogen-bond acceptors (Lipinski definition) is 4. The minimum absolute atomic E-state index is 0.0220. The van der Waals surface area contributed by atoms with Crippen LogP contribution in [0.25, 0.3) is 22.0 Å². The zero-order valence-electron chi connectivity index (χ0n) is 15.4. The maximum atomic E-state index is 14.5. The first kappa shape index (κ1) is 18.3. The molecule has 1 atom stereocenters. The van der Waals surface area contributed by atoms with Crippen molar-refractivity contribution in [2.75, 3.05) is 6.61 Å². The third kappa shape index (κ3) is 4.35. The van der Waals surface area contributed by atoms with Gasteiger partial charge in [-0.25, -0.2) is 9.37 Å². The summed E-state index contributed by atoms with van der Waals surface area (Å²) in [5.41, 5.74) is 8.20. The molecule has 0 fully saturated rings. The topological polar surface area (TPSA) is 61.0 Å². The Balaban J connectivity index is 1.79. The Morgan fingerprint density at radius 3 is 2.69 bits per heavy atom. The number of benzene rings is 1. The monoisotopic (exact) mass is 353 g/mol. The Kier molecular flexibility index (Phi) is 5.18. The van der Waals surface area contributed by atoms with Crippen LogP contribution in [0.1, 0.15) is 27.2 Å². The van der Waals surface area contributed by atoms with Gasteiger partial charge in [-0.15, -0.1) is 0 Å². The molecule has 0 saturated carbocycles. The quantitative estimate of drug-likeness (QED) is 0.705. The summed E-state index contributed by atoms with van der Waals surface area (Å²) in [6.45, 7) is 6.35. The molecule has 4 nitrogen and oxygen atoms in total. The van der Waals surface area contributed by atoms with Crippen molar-refractivity contribution in [2.45, 2.75) is 32.7 Å². The molecule has 1 unspecified atom stereocenters. The molecule has 0 saturated heterocycles. The molecule has 0 radical (unpaired) electrons. The number of nitrogens with zero attached hydrogens (tertiary/aromatic N) is 2. The Morgan fingerprint density at radius 1 is 1.19 bits per heavy atom. The molecule has 3 aromatic rings. The number of rotatable bonds is 6. The van der Waals surface area contributed by atoms with E-state index >= 15 is 0 Å². The van der Waals surface area contributed by atoms with Crippen molar-refractivity contribution < 1.29 is 9.13 Å². The minimum Gasteiger partial charge on any atom is -0.475 e. The van der Waals surface area contributed by atoms with Crippen molar-refractivity contribution in [1.29, 1.82) is 0 Å². The molecule has 0 aliphatic heterocycles. The Hall–Kier alpha value is -2.53. The van der Waals surface area contributed by atoms with E-state index in [1.165, 1.54) is 6.07 Å². The van der Waals surface area contributed by atoms with Crippen LogP contribution < -0.4 is 10.5 Å². The standard InChI is InChI=1S/C21H24FN3O/c1-14(11-21(2,3)23)13-26-20-18(22)10-15(12-25-20)16-8-9-24-19-7-5-4-6-17(16)19/h4-10,12,14H,11,13,23H2,1-3H3. The van der Waals surface area contributed by atoms with Crippen LogP contribution in [0.5, 0.6) is 5.88 Å². The number of halogens is 1. The average molecular weight is 353 g/mol. The largest absolute Gasteiger partial charge is 0.475 e. The molecule has 2 N–H and O–H groups in total. The van der Waals surface area contributed by atoms with E-state index in [0.29, 0.717) is 12.2 Å². The molecule has 136 valence electrons. The van der Waals surface area contributed by atoms with Crippen LogP contribution in [-0.2, 0) is 0 Å². The van der Waals surface area contributed by atoms with Crippen molar-refractivity contribution in [1.82, 2.24) is 9.97 Å². The molecular formula is C21H24FN3O. The highest BCUT2D eigenvalue weighted by Gasteiger charge is 2.17. The van der Waals surface area contributed by atoms with E-state index in [9.17, 15) is 4.39 Å². The van der Waals surface area contributed by atoms with Crippen LogP contribution in [0, 0.1) is 11.7 Å². The lowest BCUT2D eigenvalue weighted by molar-refractivity contribution is 0.214. The molecule has 0 aliphatic carbocycles. The highest BCUT2D eigenvalue weighted by Crippen LogP contribution is 2.29. The van der Waals surface area contributed by atoms with Gasteiger partial charge in [-0.3, -0.25) is 4.98 Å². The van der Waals surface area contributed by atoms with E-state index in [1.54, 1.807) is 12.4 Å². The van der Waals surface area contributed by atoms with Crippen LogP contribution in [0.2, 0.25) is 0 Å². The fraction of sp³-hybridized carbons (Fsp3) is 0.333. The molecule has 0 bridgehead atoms. The third-order valence-electron chi connectivity index (χ3n) is 4.15. The van der Waals surface area contributed by atoms with Crippen molar-refractivity contribution >= 4 is 10.9 Å². The molecule has 2 aromatic heterocycles. The Morgan fingerprint density at radius 2 is 1.96 bits per heavy atom. The van der Waals surface area contributed by atoms with E-state index in [4.69, 9.17) is 10.5 Å². The summed E-state index contributed by atoms with van der Waals surface area (Å²) in [5.74, 6) is -0.239. The molecule has 0 aliphatic rings. The van der Waals surface area contributed by atoms with Gasteiger partial charge >= 0.3 is 0 Å². The molecule has 1 aromatic carbocycles. The smallest absolute Gasteiger partial charge is 0.250 e. The summed E-state index contributed by atoms with van der Waals surface area (Å²) >= 11 is 0. The minimum atomic E-state index is -0.470. The predicted octanol–water partition coefficient (Wildman–Crippen LogP) is 4.58.